The van der Waals surface area contributed by atoms with E-state index in [0.29, 0.717) is 17.1 Å². The average Bonchev–Trinajstić information content (AvgIpc) is 2.86. The highest BCUT2D eigenvalue weighted by Gasteiger charge is 2.14. The molecular formula is C26H33N5O2. The molecule has 1 aliphatic carbocycles. The first-order valence-electron chi connectivity index (χ1n) is 12.0. The van der Waals surface area contributed by atoms with E-state index in [4.69, 9.17) is 0 Å². The van der Waals surface area contributed by atoms with Gasteiger partial charge in [-0.25, -0.2) is 0 Å². The van der Waals surface area contributed by atoms with Crippen molar-refractivity contribution in [2.45, 2.75) is 44.9 Å². The van der Waals surface area contributed by atoms with Crippen molar-refractivity contribution >= 4 is 29.1 Å². The summed E-state index contributed by atoms with van der Waals surface area (Å²) in [6.07, 6.45) is 8.62. The quantitative estimate of drug-likeness (QED) is 0.511. The lowest BCUT2D eigenvalue weighted by molar-refractivity contribution is 0.0948. The zero-order valence-corrected chi connectivity index (χ0v) is 19.0. The molecule has 33 heavy (non-hydrogen) atoms. The summed E-state index contributed by atoms with van der Waals surface area (Å²) < 4.78 is 0. The van der Waals surface area contributed by atoms with Crippen molar-refractivity contribution in [3.63, 3.8) is 0 Å². The maximum atomic E-state index is 12.6. The van der Waals surface area contributed by atoms with Crippen molar-refractivity contribution in [3.8, 4) is 0 Å². The van der Waals surface area contributed by atoms with Crippen LogP contribution < -0.4 is 21.3 Å². The molecule has 1 saturated carbocycles. The summed E-state index contributed by atoms with van der Waals surface area (Å²) in [5, 5.41) is 12.2. The largest absolute Gasteiger partial charge is 0.356 e. The molecule has 4 rings (SSSR count). The molecule has 2 aliphatic rings. The lowest BCUT2D eigenvalue weighted by atomic mass is 9.87. The van der Waals surface area contributed by atoms with Crippen LogP contribution in [0.15, 0.2) is 53.5 Å². The van der Waals surface area contributed by atoms with Crippen molar-refractivity contribution in [2.75, 3.05) is 25.0 Å². The van der Waals surface area contributed by atoms with Gasteiger partial charge in [-0.1, -0.05) is 38.2 Å². The van der Waals surface area contributed by atoms with Crippen molar-refractivity contribution in [3.05, 3.63) is 59.7 Å². The molecule has 174 valence electrons. The number of hydrogen-bond donors (Lipinski definition) is 4. The van der Waals surface area contributed by atoms with E-state index in [1.165, 1.54) is 32.1 Å². The highest BCUT2D eigenvalue weighted by Crippen LogP contribution is 2.25. The van der Waals surface area contributed by atoms with Crippen molar-refractivity contribution < 1.29 is 9.59 Å². The Hall–Kier alpha value is -3.35. The Kier molecular flexibility index (Phi) is 7.95. The molecule has 4 N–H and O–H groups in total. The highest BCUT2D eigenvalue weighted by molar-refractivity contribution is 6.06. The lowest BCUT2D eigenvalue weighted by Gasteiger charge is -2.21. The van der Waals surface area contributed by atoms with E-state index in [2.05, 4.69) is 26.3 Å². The van der Waals surface area contributed by atoms with Gasteiger partial charge in [0.1, 0.15) is 0 Å². The molecule has 2 aromatic rings. The molecule has 0 unspecified atom stereocenters. The topological polar surface area (TPSA) is 94.6 Å². The smallest absolute Gasteiger partial charge is 0.257 e. The molecule has 0 bridgehead atoms. The fourth-order valence-corrected chi connectivity index (χ4v) is 4.37. The molecule has 2 aromatic carbocycles. The van der Waals surface area contributed by atoms with Crippen LogP contribution in [0.25, 0.3) is 0 Å². The number of nitrogens with zero attached hydrogens (tertiary/aromatic N) is 1. The first-order chi connectivity index (χ1) is 16.2. The van der Waals surface area contributed by atoms with Crippen LogP contribution in [0.1, 0.15) is 65.7 Å². The summed E-state index contributed by atoms with van der Waals surface area (Å²) in [5.74, 6) is 1.05. The van der Waals surface area contributed by atoms with Crippen LogP contribution in [0.4, 0.5) is 11.4 Å². The van der Waals surface area contributed by atoms with Gasteiger partial charge in [-0.05, 0) is 61.2 Å². The Labute approximate surface area is 195 Å². The van der Waals surface area contributed by atoms with Crippen LogP contribution in [-0.2, 0) is 0 Å². The average molecular weight is 448 g/mol. The summed E-state index contributed by atoms with van der Waals surface area (Å²) in [5.41, 5.74) is 2.87. The normalized spacial score (nSPS) is 16.3. The van der Waals surface area contributed by atoms with Crippen LogP contribution in [0.3, 0.4) is 0 Å². The number of guanidine groups is 1. The van der Waals surface area contributed by atoms with Crippen LogP contribution in [0, 0.1) is 5.92 Å². The van der Waals surface area contributed by atoms with Gasteiger partial charge in [0.25, 0.3) is 11.8 Å². The third-order valence-electron chi connectivity index (χ3n) is 6.25. The molecule has 1 heterocycles. The Balaban J connectivity index is 1.28. The van der Waals surface area contributed by atoms with E-state index in [0.717, 1.165) is 49.8 Å². The van der Waals surface area contributed by atoms with Crippen molar-refractivity contribution in [1.82, 2.24) is 16.0 Å². The lowest BCUT2D eigenvalue weighted by Crippen LogP contribution is -2.43. The van der Waals surface area contributed by atoms with Gasteiger partial charge in [0, 0.05) is 42.1 Å². The Morgan fingerprint density at radius 3 is 2.48 bits per heavy atom. The highest BCUT2D eigenvalue weighted by atomic mass is 16.2. The Morgan fingerprint density at radius 1 is 0.909 bits per heavy atom. The van der Waals surface area contributed by atoms with Gasteiger partial charge in [0.05, 0.1) is 0 Å². The second-order valence-electron chi connectivity index (χ2n) is 8.80. The van der Waals surface area contributed by atoms with Crippen LogP contribution in [-0.4, -0.2) is 37.4 Å². The van der Waals surface area contributed by atoms with Gasteiger partial charge in [-0.15, -0.1) is 0 Å². The molecule has 7 heteroatoms. The molecular weight excluding hydrogens is 414 g/mol. The molecule has 7 nitrogen and oxygen atoms in total. The molecule has 1 fully saturated rings. The number of carbonyl (C=O) groups is 2. The van der Waals surface area contributed by atoms with Crippen molar-refractivity contribution in [2.24, 2.45) is 10.9 Å². The number of aliphatic imine (C=N–C) groups is 1. The Morgan fingerprint density at radius 2 is 1.73 bits per heavy atom. The summed E-state index contributed by atoms with van der Waals surface area (Å²) in [4.78, 5) is 29.2. The van der Waals surface area contributed by atoms with Gasteiger partial charge < -0.3 is 16.0 Å². The number of rotatable bonds is 7. The fourth-order valence-electron chi connectivity index (χ4n) is 4.37. The fraction of sp³-hybridized carbons (Fsp3) is 0.423. The first-order valence-corrected chi connectivity index (χ1v) is 12.0. The van der Waals surface area contributed by atoms with Crippen LogP contribution in [0.2, 0.25) is 0 Å². The van der Waals surface area contributed by atoms with Crippen LogP contribution >= 0.6 is 0 Å². The first kappa shape index (κ1) is 22.8. The number of hydrogen-bond acceptors (Lipinski definition) is 5. The number of carbonyl (C=O) groups excluding carboxylic acids is 2. The van der Waals surface area contributed by atoms with Gasteiger partial charge >= 0.3 is 0 Å². The standard InChI is InChI=1S/C26H33N5O2/c32-24(27-17-14-19-6-2-1-3-7-19)21-8-4-9-23(18-21)30-22-12-10-20(11-13-22)25(33)31-26-28-15-5-16-29-26/h4,8-13,18-19,30H,1-3,5-7,14-17H2,(H,27,32)(H2,28,29,31,33). The van der Waals surface area contributed by atoms with E-state index < -0.39 is 0 Å². The second kappa shape index (κ2) is 11.5. The van der Waals surface area contributed by atoms with E-state index in [-0.39, 0.29) is 11.8 Å². The zero-order chi connectivity index (χ0) is 22.9. The van der Waals surface area contributed by atoms with Crippen LogP contribution in [0.5, 0.6) is 0 Å². The molecule has 2 amide bonds. The zero-order valence-electron chi connectivity index (χ0n) is 19.0. The molecule has 0 atom stereocenters. The van der Waals surface area contributed by atoms with Gasteiger partial charge in [0.15, 0.2) is 5.96 Å². The molecule has 0 saturated heterocycles. The van der Waals surface area contributed by atoms with E-state index in [1.54, 1.807) is 12.1 Å². The number of amides is 2. The third kappa shape index (κ3) is 6.81. The second-order valence-corrected chi connectivity index (χ2v) is 8.80. The van der Waals surface area contributed by atoms with E-state index in [9.17, 15) is 9.59 Å². The SMILES string of the molecule is O=C(NCCC1CCCCC1)c1cccc(Nc2ccc(C(=O)NC3=NCCCN3)cc2)c1. The minimum atomic E-state index is -0.193. The summed E-state index contributed by atoms with van der Waals surface area (Å²) in [7, 11) is 0. The van der Waals surface area contributed by atoms with E-state index >= 15 is 0 Å². The predicted octanol–water partition coefficient (Wildman–Crippen LogP) is 4.21. The number of anilines is 2. The predicted molar refractivity (Wildman–Crippen MR) is 132 cm³/mol. The summed E-state index contributed by atoms with van der Waals surface area (Å²) in [6.45, 7) is 2.27. The van der Waals surface area contributed by atoms with Gasteiger partial charge in [-0.3, -0.25) is 19.9 Å². The van der Waals surface area contributed by atoms with Crippen molar-refractivity contribution in [1.29, 1.82) is 0 Å². The maximum absolute atomic E-state index is 12.6. The Bertz CT molecular complexity index is 980. The summed E-state index contributed by atoms with van der Waals surface area (Å²) >= 11 is 0. The minimum Gasteiger partial charge on any atom is -0.356 e. The third-order valence-corrected chi connectivity index (χ3v) is 6.25. The molecule has 0 spiro atoms. The number of nitrogens with one attached hydrogen (secondary N) is 4. The van der Waals surface area contributed by atoms with Gasteiger partial charge in [-0.2, -0.15) is 0 Å². The number of benzene rings is 2. The molecule has 1 aliphatic heterocycles. The van der Waals surface area contributed by atoms with Gasteiger partial charge in [0.2, 0.25) is 0 Å². The summed E-state index contributed by atoms with van der Waals surface area (Å²) in [6, 6.07) is 14.7. The maximum Gasteiger partial charge on any atom is 0.257 e. The molecule has 0 aromatic heterocycles. The van der Waals surface area contributed by atoms with E-state index in [1.807, 2.05) is 36.4 Å². The minimum absolute atomic E-state index is 0.0410. The molecule has 0 radical (unpaired) electrons. The monoisotopic (exact) mass is 447 g/mol.